The van der Waals surface area contributed by atoms with Crippen LogP contribution in [0.25, 0.3) is 0 Å². The summed E-state index contributed by atoms with van der Waals surface area (Å²) >= 11 is 9.16. The van der Waals surface area contributed by atoms with Crippen LogP contribution in [0.15, 0.2) is 46.9 Å². The van der Waals surface area contributed by atoms with Gasteiger partial charge in [0.2, 0.25) is 0 Å². The molecule has 0 unspecified atom stereocenters. The van der Waals surface area contributed by atoms with Gasteiger partial charge in [0, 0.05) is 15.2 Å². The van der Waals surface area contributed by atoms with Gasteiger partial charge >= 0.3 is 6.03 Å². The van der Waals surface area contributed by atoms with Crippen LogP contribution in [-0.2, 0) is 0 Å². The van der Waals surface area contributed by atoms with Crippen molar-refractivity contribution in [1.29, 1.82) is 0 Å². The van der Waals surface area contributed by atoms with Crippen LogP contribution in [0.2, 0.25) is 5.02 Å². The standard InChI is InChI=1S/C14H11BrClN3O2/c15-8-2-1-3-10(6-8)18-14(21)19-12-7-9(16)4-5-11(12)13(17)20/h1-7H,(H2,17,20)(H2,18,19,21). The largest absolute Gasteiger partial charge is 0.366 e. The van der Waals surface area contributed by atoms with E-state index in [1.54, 1.807) is 18.2 Å². The Labute approximate surface area is 134 Å². The SMILES string of the molecule is NC(=O)c1ccc(Cl)cc1NC(=O)Nc1cccc(Br)c1. The van der Waals surface area contributed by atoms with Gasteiger partial charge < -0.3 is 16.4 Å². The monoisotopic (exact) mass is 367 g/mol. The third-order valence-corrected chi connectivity index (χ3v) is 3.31. The van der Waals surface area contributed by atoms with E-state index < -0.39 is 11.9 Å². The second-order valence-electron chi connectivity index (χ2n) is 4.14. The molecule has 0 spiro atoms. The van der Waals surface area contributed by atoms with Crippen molar-refractivity contribution in [1.82, 2.24) is 0 Å². The molecule has 0 heterocycles. The molecule has 108 valence electrons. The van der Waals surface area contributed by atoms with Crippen LogP contribution in [0, 0.1) is 0 Å². The van der Waals surface area contributed by atoms with Crippen molar-refractivity contribution in [2.24, 2.45) is 5.73 Å². The van der Waals surface area contributed by atoms with Gasteiger partial charge in [0.25, 0.3) is 5.91 Å². The molecule has 2 rings (SSSR count). The van der Waals surface area contributed by atoms with Crippen molar-refractivity contribution >= 4 is 50.8 Å². The molecule has 0 saturated heterocycles. The van der Waals surface area contributed by atoms with E-state index in [2.05, 4.69) is 26.6 Å². The van der Waals surface area contributed by atoms with Gasteiger partial charge in [-0.1, -0.05) is 33.6 Å². The molecule has 7 heteroatoms. The van der Waals surface area contributed by atoms with Crippen LogP contribution in [0.5, 0.6) is 0 Å². The Morgan fingerprint density at radius 2 is 1.86 bits per heavy atom. The Kier molecular flexibility index (Phi) is 4.82. The summed E-state index contributed by atoms with van der Waals surface area (Å²) in [5.41, 5.74) is 6.29. The van der Waals surface area contributed by atoms with Crippen LogP contribution in [-0.4, -0.2) is 11.9 Å². The van der Waals surface area contributed by atoms with E-state index in [9.17, 15) is 9.59 Å². The normalized spacial score (nSPS) is 10.0. The summed E-state index contributed by atoms with van der Waals surface area (Å²) in [6.07, 6.45) is 0. The smallest absolute Gasteiger partial charge is 0.323 e. The third kappa shape index (κ3) is 4.21. The molecule has 0 aromatic heterocycles. The van der Waals surface area contributed by atoms with Gasteiger partial charge in [-0.25, -0.2) is 4.79 Å². The number of anilines is 2. The van der Waals surface area contributed by atoms with Gasteiger partial charge in [-0.3, -0.25) is 4.79 Å². The molecule has 0 fully saturated rings. The van der Waals surface area contributed by atoms with Crippen molar-refractivity contribution in [3.05, 3.63) is 57.5 Å². The fourth-order valence-corrected chi connectivity index (χ4v) is 2.26. The highest BCUT2D eigenvalue weighted by Gasteiger charge is 2.11. The van der Waals surface area contributed by atoms with E-state index in [1.165, 1.54) is 18.2 Å². The van der Waals surface area contributed by atoms with Gasteiger partial charge in [0.1, 0.15) is 0 Å². The molecule has 5 nitrogen and oxygen atoms in total. The lowest BCUT2D eigenvalue weighted by Gasteiger charge is -2.11. The summed E-state index contributed by atoms with van der Waals surface area (Å²) in [6.45, 7) is 0. The Morgan fingerprint density at radius 1 is 1.10 bits per heavy atom. The van der Waals surface area contributed by atoms with E-state index in [-0.39, 0.29) is 11.3 Å². The Morgan fingerprint density at radius 3 is 2.52 bits per heavy atom. The molecule has 0 bridgehead atoms. The quantitative estimate of drug-likeness (QED) is 0.769. The van der Waals surface area contributed by atoms with Crippen LogP contribution in [0.4, 0.5) is 16.2 Å². The van der Waals surface area contributed by atoms with Gasteiger partial charge in [0.15, 0.2) is 0 Å². The molecule has 3 amide bonds. The maximum absolute atomic E-state index is 11.9. The van der Waals surface area contributed by atoms with Crippen LogP contribution < -0.4 is 16.4 Å². The average molecular weight is 369 g/mol. The van der Waals surface area contributed by atoms with Gasteiger partial charge in [0.05, 0.1) is 11.3 Å². The number of nitrogens with two attached hydrogens (primary N) is 1. The zero-order chi connectivity index (χ0) is 15.4. The minimum Gasteiger partial charge on any atom is -0.366 e. The number of halogens is 2. The number of carbonyl (C=O) groups excluding carboxylic acids is 2. The lowest BCUT2D eigenvalue weighted by molar-refractivity contribution is 0.100. The number of hydrogen-bond donors (Lipinski definition) is 3. The van der Waals surface area contributed by atoms with Crippen molar-refractivity contribution < 1.29 is 9.59 Å². The predicted octanol–water partition coefficient (Wildman–Crippen LogP) is 3.85. The Balaban J connectivity index is 2.16. The summed E-state index contributed by atoms with van der Waals surface area (Å²) in [5.74, 6) is -0.649. The van der Waals surface area contributed by atoms with Crippen molar-refractivity contribution in [3.8, 4) is 0 Å². The summed E-state index contributed by atoms with van der Waals surface area (Å²) in [4.78, 5) is 23.3. The topological polar surface area (TPSA) is 84.2 Å². The van der Waals surface area contributed by atoms with Gasteiger partial charge in [-0.15, -0.1) is 0 Å². The molecule has 0 aliphatic rings. The second-order valence-corrected chi connectivity index (χ2v) is 5.50. The first-order valence-corrected chi connectivity index (χ1v) is 7.06. The maximum atomic E-state index is 11.9. The predicted molar refractivity (Wildman–Crippen MR) is 86.8 cm³/mol. The van der Waals surface area contributed by atoms with E-state index in [0.29, 0.717) is 10.7 Å². The van der Waals surface area contributed by atoms with E-state index in [0.717, 1.165) is 4.47 Å². The van der Waals surface area contributed by atoms with Crippen LogP contribution in [0.1, 0.15) is 10.4 Å². The Hall–Kier alpha value is -2.05. The fraction of sp³-hybridized carbons (Fsp3) is 0. The van der Waals surface area contributed by atoms with Gasteiger partial charge in [-0.2, -0.15) is 0 Å². The molecule has 0 aliphatic carbocycles. The lowest BCUT2D eigenvalue weighted by Crippen LogP contribution is -2.22. The number of carbonyl (C=O) groups is 2. The molecule has 0 atom stereocenters. The number of amides is 3. The zero-order valence-electron chi connectivity index (χ0n) is 10.7. The van der Waals surface area contributed by atoms with Crippen molar-refractivity contribution in [2.45, 2.75) is 0 Å². The zero-order valence-corrected chi connectivity index (χ0v) is 13.0. The third-order valence-electron chi connectivity index (χ3n) is 2.58. The lowest BCUT2D eigenvalue weighted by atomic mass is 10.1. The number of urea groups is 1. The summed E-state index contributed by atoms with van der Waals surface area (Å²) in [6, 6.07) is 11.0. The molecule has 4 N–H and O–H groups in total. The molecule has 2 aromatic rings. The second kappa shape index (κ2) is 6.60. The minimum atomic E-state index is -0.649. The average Bonchev–Trinajstić information content (AvgIpc) is 2.38. The summed E-state index contributed by atoms with van der Waals surface area (Å²) in [5, 5.41) is 5.58. The van der Waals surface area contributed by atoms with E-state index in [1.807, 2.05) is 6.07 Å². The highest BCUT2D eigenvalue weighted by molar-refractivity contribution is 9.10. The molecule has 2 aromatic carbocycles. The van der Waals surface area contributed by atoms with E-state index in [4.69, 9.17) is 17.3 Å². The van der Waals surface area contributed by atoms with Crippen molar-refractivity contribution in [2.75, 3.05) is 10.6 Å². The number of rotatable bonds is 3. The minimum absolute atomic E-state index is 0.184. The molecule has 0 radical (unpaired) electrons. The first-order chi connectivity index (χ1) is 9.95. The van der Waals surface area contributed by atoms with Crippen LogP contribution in [0.3, 0.4) is 0 Å². The number of primary amides is 1. The fourth-order valence-electron chi connectivity index (χ4n) is 1.69. The number of benzene rings is 2. The maximum Gasteiger partial charge on any atom is 0.323 e. The molecular formula is C14H11BrClN3O2. The first kappa shape index (κ1) is 15.3. The number of hydrogen-bond acceptors (Lipinski definition) is 2. The van der Waals surface area contributed by atoms with Crippen LogP contribution >= 0.6 is 27.5 Å². The summed E-state index contributed by atoms with van der Waals surface area (Å²) < 4.78 is 0.834. The highest BCUT2D eigenvalue weighted by Crippen LogP contribution is 2.21. The van der Waals surface area contributed by atoms with E-state index >= 15 is 0 Å². The molecule has 0 saturated carbocycles. The van der Waals surface area contributed by atoms with Crippen molar-refractivity contribution in [3.63, 3.8) is 0 Å². The molecule has 21 heavy (non-hydrogen) atoms. The number of nitrogens with one attached hydrogen (secondary N) is 2. The first-order valence-electron chi connectivity index (χ1n) is 5.88. The molecule has 0 aliphatic heterocycles. The van der Waals surface area contributed by atoms with Gasteiger partial charge in [-0.05, 0) is 36.4 Å². The Bertz CT molecular complexity index is 706. The highest BCUT2D eigenvalue weighted by atomic mass is 79.9. The molecular weight excluding hydrogens is 358 g/mol. The summed E-state index contributed by atoms with van der Waals surface area (Å²) in [7, 11) is 0.